The Morgan fingerprint density at radius 2 is 0.636 bits per heavy atom. The quantitative estimate of drug-likeness (QED) is 0.263. The van der Waals surface area contributed by atoms with Gasteiger partial charge in [0.05, 0.1) is 0 Å². The molecule has 0 aliphatic carbocycles. The Balaban J connectivity index is 0. The van der Waals surface area contributed by atoms with Gasteiger partial charge in [-0.25, -0.2) is 0 Å². The standard InChI is InChI=1S/C20H42O.H3N/c1-2-3-4-5-6-7-8-9-10-11-12-13-14-15-16-17-18-19-20-21;/h21H,2-20H2,1H3;1H3. The molecule has 0 saturated carbocycles. The molecule has 0 unspecified atom stereocenters. The molecule has 0 atom stereocenters. The van der Waals surface area contributed by atoms with Gasteiger partial charge >= 0.3 is 0 Å². The van der Waals surface area contributed by atoms with Gasteiger partial charge in [-0.1, -0.05) is 116 Å². The molecule has 0 aromatic heterocycles. The minimum Gasteiger partial charge on any atom is -0.396 e. The Bertz CT molecular complexity index is 155. The monoisotopic (exact) mass is 315 g/mol. The molecule has 0 fully saturated rings. The number of aliphatic hydroxyl groups excluding tert-OH is 1. The number of rotatable bonds is 18. The maximum atomic E-state index is 8.69. The lowest BCUT2D eigenvalue weighted by Gasteiger charge is -2.03. The van der Waals surface area contributed by atoms with Crippen LogP contribution in [0.25, 0.3) is 0 Å². The van der Waals surface area contributed by atoms with Crippen molar-refractivity contribution in [2.24, 2.45) is 0 Å². The Labute approximate surface area is 141 Å². The number of aliphatic hydroxyl groups is 1. The van der Waals surface area contributed by atoms with Crippen LogP contribution in [0.3, 0.4) is 0 Å². The van der Waals surface area contributed by atoms with E-state index in [2.05, 4.69) is 6.92 Å². The fourth-order valence-corrected chi connectivity index (χ4v) is 3.01. The van der Waals surface area contributed by atoms with E-state index in [1.165, 1.54) is 109 Å². The molecule has 4 N–H and O–H groups in total. The van der Waals surface area contributed by atoms with Crippen molar-refractivity contribution in [3.05, 3.63) is 0 Å². The van der Waals surface area contributed by atoms with Crippen molar-refractivity contribution < 1.29 is 5.11 Å². The smallest absolute Gasteiger partial charge is 0.0431 e. The van der Waals surface area contributed by atoms with Crippen molar-refractivity contribution >= 4 is 0 Å². The molecule has 0 spiro atoms. The second-order valence-electron chi connectivity index (χ2n) is 6.73. The molecule has 0 aliphatic rings. The van der Waals surface area contributed by atoms with Crippen molar-refractivity contribution in [3.8, 4) is 0 Å². The SMILES string of the molecule is CCCCCCCCCCCCCCCCCCCCO.N. The number of hydrogen-bond donors (Lipinski definition) is 2. The zero-order valence-corrected chi connectivity index (χ0v) is 15.6. The lowest BCUT2D eigenvalue weighted by molar-refractivity contribution is 0.282. The molecule has 0 bridgehead atoms. The maximum Gasteiger partial charge on any atom is 0.0431 e. The molecule has 22 heavy (non-hydrogen) atoms. The highest BCUT2D eigenvalue weighted by molar-refractivity contribution is 4.50. The highest BCUT2D eigenvalue weighted by Gasteiger charge is 1.94. The van der Waals surface area contributed by atoms with Gasteiger partial charge < -0.3 is 11.3 Å². The first-order valence-electron chi connectivity index (χ1n) is 10.0. The summed E-state index contributed by atoms with van der Waals surface area (Å²) < 4.78 is 0. The average Bonchev–Trinajstić information content (AvgIpc) is 2.50. The van der Waals surface area contributed by atoms with E-state index in [1.807, 2.05) is 0 Å². The first-order chi connectivity index (χ1) is 10.4. The summed E-state index contributed by atoms with van der Waals surface area (Å²) in [4.78, 5) is 0. The topological polar surface area (TPSA) is 55.2 Å². The summed E-state index contributed by atoms with van der Waals surface area (Å²) in [6.45, 7) is 2.66. The van der Waals surface area contributed by atoms with Gasteiger partial charge in [0.2, 0.25) is 0 Å². The van der Waals surface area contributed by atoms with Crippen LogP contribution in [0.15, 0.2) is 0 Å². The number of hydrogen-bond acceptors (Lipinski definition) is 2. The highest BCUT2D eigenvalue weighted by atomic mass is 16.2. The van der Waals surface area contributed by atoms with Crippen LogP contribution < -0.4 is 6.15 Å². The van der Waals surface area contributed by atoms with E-state index in [4.69, 9.17) is 5.11 Å². The molecule has 136 valence electrons. The van der Waals surface area contributed by atoms with E-state index in [9.17, 15) is 0 Å². The lowest BCUT2D eigenvalue weighted by Crippen LogP contribution is -1.85. The van der Waals surface area contributed by atoms with Crippen LogP contribution in [0, 0.1) is 0 Å². The summed E-state index contributed by atoms with van der Waals surface area (Å²) in [5.74, 6) is 0. The van der Waals surface area contributed by atoms with E-state index in [1.54, 1.807) is 0 Å². The fraction of sp³-hybridized carbons (Fsp3) is 1.00. The molecule has 0 aliphatic heterocycles. The molecule has 0 radical (unpaired) electrons. The largest absolute Gasteiger partial charge is 0.396 e. The third-order valence-corrected chi connectivity index (χ3v) is 4.51. The first kappa shape index (κ1) is 24.2. The summed E-state index contributed by atoms with van der Waals surface area (Å²) in [5.41, 5.74) is 0. The molecule has 2 heteroatoms. The zero-order valence-electron chi connectivity index (χ0n) is 15.6. The third kappa shape index (κ3) is 22.2. The van der Waals surface area contributed by atoms with Gasteiger partial charge in [0.1, 0.15) is 0 Å². The van der Waals surface area contributed by atoms with E-state index < -0.39 is 0 Å². The predicted molar refractivity (Wildman–Crippen MR) is 101 cm³/mol. The molecular weight excluding hydrogens is 270 g/mol. The van der Waals surface area contributed by atoms with Gasteiger partial charge in [-0.2, -0.15) is 0 Å². The van der Waals surface area contributed by atoms with Crippen LogP contribution in [0.5, 0.6) is 0 Å². The van der Waals surface area contributed by atoms with Crippen LogP contribution in [0.1, 0.15) is 122 Å². The molecule has 2 nitrogen and oxygen atoms in total. The Morgan fingerprint density at radius 1 is 0.409 bits per heavy atom. The van der Waals surface area contributed by atoms with E-state index in [0.717, 1.165) is 6.42 Å². The van der Waals surface area contributed by atoms with Gasteiger partial charge in [-0.05, 0) is 6.42 Å². The van der Waals surface area contributed by atoms with Crippen LogP contribution in [0.2, 0.25) is 0 Å². The van der Waals surface area contributed by atoms with Crippen molar-refractivity contribution in [2.75, 3.05) is 6.61 Å². The average molecular weight is 316 g/mol. The summed E-state index contributed by atoms with van der Waals surface area (Å²) in [7, 11) is 0. The maximum absolute atomic E-state index is 8.69. The lowest BCUT2D eigenvalue weighted by atomic mass is 10.0. The van der Waals surface area contributed by atoms with Crippen molar-refractivity contribution in [2.45, 2.75) is 122 Å². The molecule has 0 heterocycles. The second kappa shape index (κ2) is 23.2. The van der Waals surface area contributed by atoms with E-state index in [-0.39, 0.29) is 6.15 Å². The third-order valence-electron chi connectivity index (χ3n) is 4.51. The van der Waals surface area contributed by atoms with Gasteiger partial charge in [-0.3, -0.25) is 0 Å². The van der Waals surface area contributed by atoms with Gasteiger partial charge in [0, 0.05) is 6.61 Å². The second-order valence-corrected chi connectivity index (χ2v) is 6.73. The predicted octanol–water partition coefficient (Wildman–Crippen LogP) is 7.18. The molecule has 0 saturated heterocycles. The van der Waals surface area contributed by atoms with Crippen LogP contribution >= 0.6 is 0 Å². The Hall–Kier alpha value is -0.0800. The highest BCUT2D eigenvalue weighted by Crippen LogP contribution is 2.14. The van der Waals surface area contributed by atoms with Crippen LogP contribution in [-0.2, 0) is 0 Å². The van der Waals surface area contributed by atoms with Gasteiger partial charge in [-0.15, -0.1) is 0 Å². The van der Waals surface area contributed by atoms with Crippen molar-refractivity contribution in [1.29, 1.82) is 0 Å². The Morgan fingerprint density at radius 3 is 0.864 bits per heavy atom. The summed E-state index contributed by atoms with van der Waals surface area (Å²) in [6, 6.07) is 0. The summed E-state index contributed by atoms with van der Waals surface area (Å²) in [5, 5.41) is 8.69. The normalized spacial score (nSPS) is 10.6. The van der Waals surface area contributed by atoms with Crippen LogP contribution in [0.4, 0.5) is 0 Å². The molecular formula is C20H45NO. The van der Waals surface area contributed by atoms with Crippen molar-refractivity contribution in [3.63, 3.8) is 0 Å². The van der Waals surface area contributed by atoms with Crippen LogP contribution in [-0.4, -0.2) is 11.7 Å². The van der Waals surface area contributed by atoms with Crippen molar-refractivity contribution in [1.82, 2.24) is 6.15 Å². The zero-order chi connectivity index (χ0) is 15.4. The molecule has 0 rings (SSSR count). The number of unbranched alkanes of at least 4 members (excludes halogenated alkanes) is 17. The fourth-order valence-electron chi connectivity index (χ4n) is 3.01. The summed E-state index contributed by atoms with van der Waals surface area (Å²) >= 11 is 0. The molecule has 0 aromatic carbocycles. The Kier molecular flexibility index (Phi) is 25.5. The van der Waals surface area contributed by atoms with E-state index >= 15 is 0 Å². The molecule has 0 amide bonds. The minimum absolute atomic E-state index is 0. The summed E-state index contributed by atoms with van der Waals surface area (Å²) in [6.07, 6.45) is 25.1. The first-order valence-corrected chi connectivity index (χ1v) is 10.0. The van der Waals surface area contributed by atoms with E-state index in [0.29, 0.717) is 6.61 Å². The minimum atomic E-state index is 0. The van der Waals surface area contributed by atoms with Gasteiger partial charge in [0.15, 0.2) is 0 Å². The molecule has 0 aromatic rings. The van der Waals surface area contributed by atoms with Gasteiger partial charge in [0.25, 0.3) is 0 Å².